The number of imidazole rings is 2. The molecule has 4 heterocycles. The summed E-state index contributed by atoms with van der Waals surface area (Å²) in [6, 6.07) is 88.2. The Labute approximate surface area is 425 Å². The van der Waals surface area contributed by atoms with Crippen LogP contribution in [0.15, 0.2) is 261 Å². The van der Waals surface area contributed by atoms with Gasteiger partial charge in [-0.15, -0.1) is 11.3 Å². The summed E-state index contributed by atoms with van der Waals surface area (Å²) >= 11 is 1.83. The van der Waals surface area contributed by atoms with Crippen LogP contribution in [0.1, 0.15) is 0 Å². The number of nitrogens with zero attached hydrogens (tertiary/aromatic N) is 7. The second-order valence-corrected chi connectivity index (χ2v) is 19.2. The van der Waals surface area contributed by atoms with Crippen LogP contribution in [0.5, 0.6) is 0 Å². The summed E-state index contributed by atoms with van der Waals surface area (Å²) < 4.78 is 6.97. The van der Waals surface area contributed by atoms with Gasteiger partial charge in [-0.1, -0.05) is 97.1 Å². The van der Waals surface area contributed by atoms with Gasteiger partial charge in [0.25, 0.3) is 0 Å². The normalized spacial score (nSPS) is 11.6. The van der Waals surface area contributed by atoms with Crippen LogP contribution in [-0.2, 0) is 0 Å². The third-order valence-electron chi connectivity index (χ3n) is 13.8. The van der Waals surface area contributed by atoms with Gasteiger partial charge < -0.3 is 9.80 Å². The largest absolute Gasteiger partial charge is 0.310 e. The van der Waals surface area contributed by atoms with E-state index in [0.717, 1.165) is 90.3 Å². The average Bonchev–Trinajstić information content (AvgIpc) is 4.17. The molecule has 0 N–H and O–H groups in total. The Balaban J connectivity index is 0.823. The molecule has 0 amide bonds. The zero-order valence-corrected chi connectivity index (χ0v) is 40.2. The summed E-state index contributed by atoms with van der Waals surface area (Å²) in [5, 5.41) is 4.91. The number of aromatic nitrogens is 5. The van der Waals surface area contributed by atoms with Gasteiger partial charge in [-0.05, 0) is 162 Å². The van der Waals surface area contributed by atoms with E-state index < -0.39 is 0 Å². The summed E-state index contributed by atoms with van der Waals surface area (Å²) in [7, 11) is 0. The predicted molar refractivity (Wildman–Crippen MR) is 304 cm³/mol. The van der Waals surface area contributed by atoms with Crippen molar-refractivity contribution in [2.45, 2.75) is 0 Å². The molecule has 10 aromatic carbocycles. The molecule has 7 nitrogen and oxygen atoms in total. The molecular weight excluding hydrogens is 911 g/mol. The predicted octanol–water partition coefficient (Wildman–Crippen LogP) is 17.6. The molecule has 14 aromatic rings. The van der Waals surface area contributed by atoms with Gasteiger partial charge >= 0.3 is 0 Å². The lowest BCUT2D eigenvalue weighted by Crippen LogP contribution is -2.10. The van der Waals surface area contributed by atoms with Crippen LogP contribution in [0.25, 0.3) is 87.2 Å². The van der Waals surface area contributed by atoms with Crippen molar-refractivity contribution in [3.63, 3.8) is 0 Å². The number of para-hydroxylation sites is 7. The Morgan fingerprint density at radius 1 is 0.356 bits per heavy atom. The van der Waals surface area contributed by atoms with Gasteiger partial charge in [-0.3, -0.25) is 14.1 Å². The van der Waals surface area contributed by atoms with Gasteiger partial charge in [-0.2, -0.15) is 0 Å². The van der Waals surface area contributed by atoms with Gasteiger partial charge in [0.15, 0.2) is 0 Å². The first-order valence-corrected chi connectivity index (χ1v) is 25.2. The van der Waals surface area contributed by atoms with Crippen molar-refractivity contribution < 1.29 is 0 Å². The van der Waals surface area contributed by atoms with E-state index in [4.69, 9.17) is 9.97 Å². The van der Waals surface area contributed by atoms with Crippen LogP contribution in [0.2, 0.25) is 0 Å². The first kappa shape index (κ1) is 42.3. The molecule has 344 valence electrons. The number of anilines is 6. The standard InChI is InChI=1S/C65H43N7S/c1-4-15-47(16-5-1)69(50-31-26-44(27-32-50)64-67-57-22-10-12-24-59(57)71(64)48-17-6-2-7-18-48)52-35-37-55-46(41-52)30-39-61-63(55)56-38-36-53(42-62(56)73-61)70(54-21-14-40-66-43-54)51-33-28-45(29-34-51)65-68-58-23-11-13-25-60(58)72(65)49-19-8-3-9-20-49/h1-43H. The van der Waals surface area contributed by atoms with E-state index in [0.29, 0.717) is 0 Å². The SMILES string of the molecule is c1ccc(N(c2ccc(-c3nc4ccccc4n3-c3ccccc3)cc2)c2ccc3c(ccc4sc5cc(N(c6ccc(-c7nc8ccccc8n7-c7ccccc7)cc6)c6cccnc6)ccc5c43)c2)cc1. The minimum atomic E-state index is 0.901. The van der Waals surface area contributed by atoms with Crippen molar-refractivity contribution in [2.24, 2.45) is 0 Å². The lowest BCUT2D eigenvalue weighted by molar-refractivity contribution is 1.10. The van der Waals surface area contributed by atoms with Crippen molar-refractivity contribution in [3.8, 4) is 34.2 Å². The maximum Gasteiger partial charge on any atom is 0.145 e. The molecule has 4 aromatic heterocycles. The third-order valence-corrected chi connectivity index (χ3v) is 14.9. The second kappa shape index (κ2) is 17.6. The van der Waals surface area contributed by atoms with Crippen LogP contribution >= 0.6 is 11.3 Å². The average molecular weight is 954 g/mol. The molecule has 14 rings (SSSR count). The highest BCUT2D eigenvalue weighted by Gasteiger charge is 2.21. The van der Waals surface area contributed by atoms with E-state index in [9.17, 15) is 0 Å². The Morgan fingerprint density at radius 3 is 1.41 bits per heavy atom. The Morgan fingerprint density at radius 2 is 0.836 bits per heavy atom. The topological polar surface area (TPSA) is 55.0 Å². The maximum atomic E-state index is 5.14. The third kappa shape index (κ3) is 7.39. The summed E-state index contributed by atoms with van der Waals surface area (Å²) in [4.78, 5) is 19.5. The summed E-state index contributed by atoms with van der Waals surface area (Å²) in [5.74, 6) is 1.81. The zero-order chi connectivity index (χ0) is 48.2. The summed E-state index contributed by atoms with van der Waals surface area (Å²) in [6.45, 7) is 0. The fraction of sp³-hybridized carbons (Fsp3) is 0. The Hall–Kier alpha value is -9.63. The van der Waals surface area contributed by atoms with Gasteiger partial charge in [0, 0.05) is 77.3 Å². The number of rotatable bonds is 10. The Bertz CT molecular complexity index is 4090. The number of fused-ring (bicyclic) bond motifs is 7. The molecule has 0 saturated carbocycles. The lowest BCUT2D eigenvalue weighted by atomic mass is 10.0. The minimum Gasteiger partial charge on any atom is -0.310 e. The van der Waals surface area contributed by atoms with E-state index in [2.05, 4.69) is 248 Å². The van der Waals surface area contributed by atoms with E-state index in [1.165, 1.54) is 30.9 Å². The van der Waals surface area contributed by atoms with Crippen LogP contribution in [0.3, 0.4) is 0 Å². The fourth-order valence-electron chi connectivity index (χ4n) is 10.5. The minimum absolute atomic E-state index is 0.901. The van der Waals surface area contributed by atoms with Crippen LogP contribution < -0.4 is 9.80 Å². The molecule has 0 unspecified atom stereocenters. The van der Waals surface area contributed by atoms with Crippen LogP contribution in [0.4, 0.5) is 34.1 Å². The smallest absolute Gasteiger partial charge is 0.145 e. The number of pyridine rings is 1. The number of thiophene rings is 1. The molecular formula is C65H43N7S. The lowest BCUT2D eigenvalue weighted by Gasteiger charge is -2.26. The van der Waals surface area contributed by atoms with Crippen molar-refractivity contribution in [2.75, 3.05) is 9.80 Å². The van der Waals surface area contributed by atoms with Gasteiger partial charge in [-0.25, -0.2) is 9.97 Å². The molecule has 0 spiro atoms. The monoisotopic (exact) mass is 953 g/mol. The molecule has 0 bridgehead atoms. The molecule has 0 aliphatic heterocycles. The van der Waals surface area contributed by atoms with Crippen LogP contribution in [0, 0.1) is 0 Å². The fourth-order valence-corrected chi connectivity index (χ4v) is 11.6. The van der Waals surface area contributed by atoms with Crippen LogP contribution in [-0.4, -0.2) is 24.1 Å². The molecule has 8 heteroatoms. The highest BCUT2D eigenvalue weighted by molar-refractivity contribution is 7.26. The number of hydrogen-bond donors (Lipinski definition) is 0. The number of benzene rings is 10. The van der Waals surface area contributed by atoms with Gasteiger partial charge in [0.1, 0.15) is 11.6 Å². The maximum absolute atomic E-state index is 5.14. The van der Waals surface area contributed by atoms with E-state index in [-0.39, 0.29) is 0 Å². The van der Waals surface area contributed by atoms with E-state index in [1.54, 1.807) is 0 Å². The molecule has 0 radical (unpaired) electrons. The Kier molecular flexibility index (Phi) is 10.2. The number of hydrogen-bond acceptors (Lipinski definition) is 6. The van der Waals surface area contributed by atoms with Gasteiger partial charge in [0.2, 0.25) is 0 Å². The summed E-state index contributed by atoms with van der Waals surface area (Å²) in [5.41, 5.74) is 14.6. The first-order valence-electron chi connectivity index (χ1n) is 24.4. The van der Waals surface area contributed by atoms with Crippen molar-refractivity contribution in [1.82, 2.24) is 24.1 Å². The van der Waals surface area contributed by atoms with E-state index >= 15 is 0 Å². The zero-order valence-electron chi connectivity index (χ0n) is 39.4. The first-order chi connectivity index (χ1) is 36.2. The molecule has 0 aliphatic carbocycles. The quantitative estimate of drug-likeness (QED) is 0.137. The molecule has 0 atom stereocenters. The highest BCUT2D eigenvalue weighted by atomic mass is 32.1. The summed E-state index contributed by atoms with van der Waals surface area (Å²) in [6.07, 6.45) is 3.75. The molecule has 0 fully saturated rings. The molecule has 0 aliphatic rings. The van der Waals surface area contributed by atoms with Crippen molar-refractivity contribution in [1.29, 1.82) is 0 Å². The van der Waals surface area contributed by atoms with Crippen molar-refractivity contribution in [3.05, 3.63) is 261 Å². The molecule has 73 heavy (non-hydrogen) atoms. The highest BCUT2D eigenvalue weighted by Crippen LogP contribution is 2.45. The molecule has 0 saturated heterocycles. The van der Waals surface area contributed by atoms with E-state index in [1.807, 2.05) is 48.0 Å². The van der Waals surface area contributed by atoms with Gasteiger partial charge in [0.05, 0.1) is 34.0 Å². The second-order valence-electron chi connectivity index (χ2n) is 18.1. The van der Waals surface area contributed by atoms with Crippen molar-refractivity contribution >= 4 is 98.5 Å².